The highest BCUT2D eigenvalue weighted by molar-refractivity contribution is 7.91. The van der Waals surface area contributed by atoms with Crippen molar-refractivity contribution >= 4 is 27.0 Å². The van der Waals surface area contributed by atoms with Crippen LogP contribution in [-0.4, -0.2) is 26.2 Å². The molecule has 0 saturated heterocycles. The van der Waals surface area contributed by atoms with Crippen molar-refractivity contribution in [3.8, 4) is 0 Å². The Bertz CT molecular complexity index is 428. The van der Waals surface area contributed by atoms with Crippen LogP contribution in [0.4, 0.5) is 5.69 Å². The topological polar surface area (TPSA) is 92.4 Å². The van der Waals surface area contributed by atoms with Gasteiger partial charge in [0, 0.05) is 17.6 Å². The number of aliphatic hydroxyl groups is 1. The Morgan fingerprint density at radius 1 is 1.62 bits per heavy atom. The first-order valence-electron chi connectivity index (χ1n) is 4.97. The van der Waals surface area contributed by atoms with Crippen LogP contribution in [0.2, 0.25) is 0 Å². The minimum atomic E-state index is -3.52. The van der Waals surface area contributed by atoms with E-state index in [1.807, 2.05) is 6.92 Å². The molecule has 1 aromatic heterocycles. The monoisotopic (exact) mass is 264 g/mol. The molecule has 92 valence electrons. The van der Waals surface area contributed by atoms with Gasteiger partial charge in [-0.15, -0.1) is 11.3 Å². The number of thiophene rings is 1. The zero-order valence-corrected chi connectivity index (χ0v) is 10.6. The number of aliphatic hydroxyl groups excluding tert-OH is 1. The number of nitrogens with one attached hydrogen (secondary N) is 1. The van der Waals surface area contributed by atoms with Gasteiger partial charge in [-0.2, -0.15) is 0 Å². The van der Waals surface area contributed by atoms with Gasteiger partial charge in [0.25, 0.3) is 0 Å². The van der Waals surface area contributed by atoms with E-state index in [0.29, 0.717) is 12.1 Å². The maximum absolute atomic E-state index is 11.7. The molecule has 0 fully saturated rings. The molecule has 0 aliphatic rings. The Labute approximate surface area is 99.3 Å². The SMILES string of the molecule is CCCC(O)CNS(=O)(=O)c1cc(N)cs1. The molecule has 5 nitrogen and oxygen atoms in total. The molecule has 1 rings (SSSR count). The van der Waals surface area contributed by atoms with Crippen molar-refractivity contribution in [3.63, 3.8) is 0 Å². The predicted octanol–water partition coefficient (Wildman–Crippen LogP) is 0.770. The van der Waals surface area contributed by atoms with Gasteiger partial charge in [-0.1, -0.05) is 13.3 Å². The lowest BCUT2D eigenvalue weighted by molar-refractivity contribution is 0.167. The summed E-state index contributed by atoms with van der Waals surface area (Å²) < 4.78 is 25.9. The largest absolute Gasteiger partial charge is 0.398 e. The van der Waals surface area contributed by atoms with Crippen LogP contribution in [0, 0.1) is 0 Å². The average molecular weight is 264 g/mol. The van der Waals surface area contributed by atoms with E-state index in [-0.39, 0.29) is 10.8 Å². The van der Waals surface area contributed by atoms with E-state index < -0.39 is 16.1 Å². The maximum Gasteiger partial charge on any atom is 0.250 e. The summed E-state index contributed by atoms with van der Waals surface area (Å²) in [6.07, 6.45) is 0.751. The third kappa shape index (κ3) is 3.75. The first-order chi connectivity index (χ1) is 7.45. The van der Waals surface area contributed by atoms with E-state index in [9.17, 15) is 13.5 Å². The second-order valence-electron chi connectivity index (χ2n) is 3.49. The molecule has 1 unspecified atom stereocenters. The zero-order valence-electron chi connectivity index (χ0n) is 9.01. The van der Waals surface area contributed by atoms with Crippen LogP contribution < -0.4 is 10.5 Å². The van der Waals surface area contributed by atoms with Gasteiger partial charge >= 0.3 is 0 Å². The average Bonchev–Trinajstić information content (AvgIpc) is 2.63. The fourth-order valence-corrected chi connectivity index (χ4v) is 3.38. The summed E-state index contributed by atoms with van der Waals surface area (Å²) in [7, 11) is -3.52. The van der Waals surface area contributed by atoms with E-state index in [0.717, 1.165) is 17.8 Å². The van der Waals surface area contributed by atoms with Gasteiger partial charge in [0.15, 0.2) is 0 Å². The number of hydrogen-bond acceptors (Lipinski definition) is 5. The third-order valence-corrected chi connectivity index (χ3v) is 4.87. The van der Waals surface area contributed by atoms with Crippen molar-refractivity contribution < 1.29 is 13.5 Å². The lowest BCUT2D eigenvalue weighted by atomic mass is 10.2. The molecule has 16 heavy (non-hydrogen) atoms. The van der Waals surface area contributed by atoms with Crippen LogP contribution in [0.5, 0.6) is 0 Å². The Hall–Kier alpha value is -0.630. The smallest absolute Gasteiger partial charge is 0.250 e. The van der Waals surface area contributed by atoms with Crippen molar-refractivity contribution in [2.24, 2.45) is 0 Å². The molecule has 0 radical (unpaired) electrons. The fourth-order valence-electron chi connectivity index (χ4n) is 1.18. The lowest BCUT2D eigenvalue weighted by Crippen LogP contribution is -2.31. The molecule has 7 heteroatoms. The molecule has 0 saturated carbocycles. The van der Waals surface area contributed by atoms with Crippen molar-refractivity contribution in [1.29, 1.82) is 0 Å². The second-order valence-corrected chi connectivity index (χ2v) is 6.40. The highest BCUT2D eigenvalue weighted by Crippen LogP contribution is 2.21. The number of rotatable bonds is 6. The highest BCUT2D eigenvalue weighted by Gasteiger charge is 2.17. The summed E-state index contributed by atoms with van der Waals surface area (Å²) in [6.45, 7) is 1.96. The summed E-state index contributed by atoms with van der Waals surface area (Å²) in [5, 5.41) is 11.0. The van der Waals surface area contributed by atoms with Gasteiger partial charge in [-0.05, 0) is 12.5 Å². The van der Waals surface area contributed by atoms with Crippen molar-refractivity contribution in [1.82, 2.24) is 4.72 Å². The molecular formula is C9H16N2O3S2. The van der Waals surface area contributed by atoms with Gasteiger partial charge in [0.05, 0.1) is 6.10 Å². The Morgan fingerprint density at radius 2 is 2.31 bits per heavy atom. The molecule has 0 aliphatic carbocycles. The molecular weight excluding hydrogens is 248 g/mol. The summed E-state index contributed by atoms with van der Waals surface area (Å²) in [6, 6.07) is 1.40. The van der Waals surface area contributed by atoms with E-state index >= 15 is 0 Å². The summed E-state index contributed by atoms with van der Waals surface area (Å²) in [5.74, 6) is 0. The molecule has 1 atom stereocenters. The summed E-state index contributed by atoms with van der Waals surface area (Å²) in [5.41, 5.74) is 5.88. The zero-order chi connectivity index (χ0) is 12.2. The lowest BCUT2D eigenvalue weighted by Gasteiger charge is -2.09. The minimum Gasteiger partial charge on any atom is -0.398 e. The molecule has 1 heterocycles. The number of anilines is 1. The van der Waals surface area contributed by atoms with E-state index in [2.05, 4.69) is 4.72 Å². The van der Waals surface area contributed by atoms with Crippen molar-refractivity contribution in [2.75, 3.05) is 12.3 Å². The second kappa shape index (κ2) is 5.62. The maximum atomic E-state index is 11.7. The van der Waals surface area contributed by atoms with Crippen LogP contribution in [0.25, 0.3) is 0 Å². The van der Waals surface area contributed by atoms with Gasteiger partial charge in [-0.3, -0.25) is 0 Å². The predicted molar refractivity (Wildman–Crippen MR) is 64.8 cm³/mol. The van der Waals surface area contributed by atoms with Crippen LogP contribution in [-0.2, 0) is 10.0 Å². The first kappa shape index (κ1) is 13.4. The molecule has 0 amide bonds. The van der Waals surface area contributed by atoms with Crippen LogP contribution >= 0.6 is 11.3 Å². The molecule has 1 aromatic rings. The molecule has 0 bridgehead atoms. The van der Waals surface area contributed by atoms with Crippen LogP contribution in [0.1, 0.15) is 19.8 Å². The van der Waals surface area contributed by atoms with E-state index in [1.165, 1.54) is 6.07 Å². The van der Waals surface area contributed by atoms with Crippen LogP contribution in [0.15, 0.2) is 15.7 Å². The highest BCUT2D eigenvalue weighted by atomic mass is 32.2. The summed E-state index contributed by atoms with van der Waals surface area (Å²) in [4.78, 5) is 0. The Morgan fingerprint density at radius 3 is 2.81 bits per heavy atom. The minimum absolute atomic E-state index is 0.0357. The van der Waals surface area contributed by atoms with Gasteiger partial charge in [0.2, 0.25) is 10.0 Å². The van der Waals surface area contributed by atoms with E-state index in [4.69, 9.17) is 5.73 Å². The van der Waals surface area contributed by atoms with Gasteiger partial charge < -0.3 is 10.8 Å². The van der Waals surface area contributed by atoms with Crippen molar-refractivity contribution in [2.45, 2.75) is 30.1 Å². The van der Waals surface area contributed by atoms with Crippen LogP contribution in [0.3, 0.4) is 0 Å². The number of nitrogens with two attached hydrogens (primary N) is 1. The van der Waals surface area contributed by atoms with Gasteiger partial charge in [-0.25, -0.2) is 13.1 Å². The molecule has 0 aliphatic heterocycles. The summed E-state index contributed by atoms with van der Waals surface area (Å²) >= 11 is 1.06. The Balaban J connectivity index is 2.59. The number of hydrogen-bond donors (Lipinski definition) is 3. The molecule has 4 N–H and O–H groups in total. The number of nitrogen functional groups attached to an aromatic ring is 1. The quantitative estimate of drug-likeness (QED) is 0.707. The molecule has 0 aromatic carbocycles. The third-order valence-electron chi connectivity index (χ3n) is 1.99. The first-order valence-corrected chi connectivity index (χ1v) is 7.33. The van der Waals surface area contributed by atoms with Gasteiger partial charge in [0.1, 0.15) is 4.21 Å². The number of sulfonamides is 1. The van der Waals surface area contributed by atoms with E-state index in [1.54, 1.807) is 5.38 Å². The molecule has 0 spiro atoms. The Kier molecular flexibility index (Phi) is 4.72. The fraction of sp³-hybridized carbons (Fsp3) is 0.556. The van der Waals surface area contributed by atoms with Crippen molar-refractivity contribution in [3.05, 3.63) is 11.4 Å². The normalized spacial score (nSPS) is 13.9. The standard InChI is InChI=1S/C9H16N2O3S2/c1-2-3-8(12)5-11-16(13,14)9-4-7(10)6-15-9/h4,6,8,11-12H,2-3,5,10H2,1H3.